The van der Waals surface area contributed by atoms with Gasteiger partial charge in [0.15, 0.2) is 5.54 Å². The summed E-state index contributed by atoms with van der Waals surface area (Å²) in [4.78, 5) is 26.6. The molecule has 1 fully saturated rings. The average molecular weight is 292 g/mol. The minimum Gasteiger partial charge on any atom is -0.357 e. The van der Waals surface area contributed by atoms with Crippen LogP contribution >= 0.6 is 0 Å². The number of carbonyl (C=O) groups excluding carboxylic acids is 2. The molecule has 116 valence electrons. The highest BCUT2D eigenvalue weighted by Crippen LogP contribution is 2.29. The summed E-state index contributed by atoms with van der Waals surface area (Å²) >= 11 is 0. The lowest BCUT2D eigenvalue weighted by Gasteiger charge is -2.41. The van der Waals surface area contributed by atoms with Gasteiger partial charge in [-0.05, 0) is 24.8 Å². The summed E-state index contributed by atoms with van der Waals surface area (Å²) in [6.07, 6.45) is 5.48. The molecule has 1 aliphatic rings. The van der Waals surface area contributed by atoms with Gasteiger partial charge >= 0.3 is 0 Å². The van der Waals surface area contributed by atoms with Crippen LogP contribution < -0.4 is 5.32 Å². The van der Waals surface area contributed by atoms with Gasteiger partial charge in [0.05, 0.1) is 6.54 Å². The molecular formula is C15H24N4O2. The van der Waals surface area contributed by atoms with E-state index >= 15 is 0 Å². The summed E-state index contributed by atoms with van der Waals surface area (Å²) < 4.78 is 1.70. The van der Waals surface area contributed by atoms with Gasteiger partial charge in [-0.1, -0.05) is 13.8 Å². The fourth-order valence-electron chi connectivity index (χ4n) is 2.96. The lowest BCUT2D eigenvalue weighted by Crippen LogP contribution is -2.59. The van der Waals surface area contributed by atoms with Gasteiger partial charge in [-0.25, -0.2) is 0 Å². The van der Waals surface area contributed by atoms with Crippen LogP contribution in [0.3, 0.4) is 0 Å². The van der Waals surface area contributed by atoms with Gasteiger partial charge in [-0.2, -0.15) is 5.10 Å². The third kappa shape index (κ3) is 3.09. The Labute approximate surface area is 125 Å². The van der Waals surface area contributed by atoms with Crippen LogP contribution in [0.15, 0.2) is 18.5 Å². The summed E-state index contributed by atoms with van der Waals surface area (Å²) in [5.41, 5.74) is -0.789. The van der Waals surface area contributed by atoms with Gasteiger partial charge in [0.25, 0.3) is 0 Å². The van der Waals surface area contributed by atoms with Crippen molar-refractivity contribution < 1.29 is 9.59 Å². The van der Waals surface area contributed by atoms with E-state index in [2.05, 4.69) is 10.4 Å². The Morgan fingerprint density at radius 1 is 1.43 bits per heavy atom. The number of nitrogens with one attached hydrogen (secondary N) is 1. The monoisotopic (exact) mass is 292 g/mol. The lowest BCUT2D eigenvalue weighted by atomic mass is 9.87. The van der Waals surface area contributed by atoms with E-state index in [-0.39, 0.29) is 11.8 Å². The van der Waals surface area contributed by atoms with Crippen LogP contribution in [0, 0.1) is 5.92 Å². The van der Waals surface area contributed by atoms with E-state index in [9.17, 15) is 9.59 Å². The normalized spacial score (nSPS) is 22.4. The van der Waals surface area contributed by atoms with E-state index in [4.69, 9.17) is 0 Å². The molecule has 21 heavy (non-hydrogen) atoms. The molecule has 0 saturated carbocycles. The van der Waals surface area contributed by atoms with Crippen LogP contribution in [0.2, 0.25) is 0 Å². The molecule has 0 spiro atoms. The maximum Gasteiger partial charge on any atom is 0.249 e. The SMILES string of the molecule is CNC(=O)C1(n2cccn2)CCCN(C(=O)CC(C)C)C1. The zero-order valence-electron chi connectivity index (χ0n) is 13.0. The van der Waals surface area contributed by atoms with E-state index < -0.39 is 5.54 Å². The average Bonchev–Trinajstić information content (AvgIpc) is 3.00. The molecular weight excluding hydrogens is 268 g/mol. The number of amides is 2. The standard InChI is InChI=1S/C15H24N4O2/c1-12(2)10-13(20)18-8-4-6-15(11-18,14(21)16-3)19-9-5-7-17-19/h5,7,9,12H,4,6,8,10-11H2,1-3H3,(H,16,21). The fourth-order valence-corrected chi connectivity index (χ4v) is 2.96. The molecule has 1 aliphatic heterocycles. The van der Waals surface area contributed by atoms with Crippen LogP contribution in [0.4, 0.5) is 0 Å². The summed E-state index contributed by atoms with van der Waals surface area (Å²) in [5, 5.41) is 6.98. The number of hydrogen-bond donors (Lipinski definition) is 1. The summed E-state index contributed by atoms with van der Waals surface area (Å²) in [6, 6.07) is 1.81. The fraction of sp³-hybridized carbons (Fsp3) is 0.667. The zero-order chi connectivity index (χ0) is 15.5. The van der Waals surface area contributed by atoms with Crippen molar-refractivity contribution in [1.82, 2.24) is 20.0 Å². The predicted molar refractivity (Wildman–Crippen MR) is 79.5 cm³/mol. The molecule has 2 amide bonds. The van der Waals surface area contributed by atoms with Gasteiger partial charge in [0.1, 0.15) is 0 Å². The molecule has 0 radical (unpaired) electrons. The summed E-state index contributed by atoms with van der Waals surface area (Å²) in [5.74, 6) is 0.344. The van der Waals surface area contributed by atoms with Crippen molar-refractivity contribution >= 4 is 11.8 Å². The third-order valence-corrected chi connectivity index (χ3v) is 4.00. The number of rotatable bonds is 4. The smallest absolute Gasteiger partial charge is 0.249 e. The second-order valence-electron chi connectivity index (χ2n) is 6.08. The molecule has 6 heteroatoms. The van der Waals surface area contributed by atoms with E-state index in [1.54, 1.807) is 35.1 Å². The molecule has 0 bridgehead atoms. The van der Waals surface area contributed by atoms with Gasteiger partial charge in [0.2, 0.25) is 11.8 Å². The highest BCUT2D eigenvalue weighted by atomic mass is 16.2. The number of nitrogens with zero attached hydrogens (tertiary/aromatic N) is 3. The van der Waals surface area contributed by atoms with Crippen LogP contribution in [-0.4, -0.2) is 46.6 Å². The molecule has 0 aromatic carbocycles. The van der Waals surface area contributed by atoms with Crippen molar-refractivity contribution in [2.75, 3.05) is 20.1 Å². The molecule has 6 nitrogen and oxygen atoms in total. The first kappa shape index (κ1) is 15.5. The van der Waals surface area contributed by atoms with E-state index in [0.717, 1.165) is 6.42 Å². The second-order valence-corrected chi connectivity index (χ2v) is 6.08. The minimum atomic E-state index is -0.789. The Bertz CT molecular complexity index is 498. The predicted octanol–water partition coefficient (Wildman–Crippen LogP) is 0.993. The number of hydrogen-bond acceptors (Lipinski definition) is 3. The van der Waals surface area contributed by atoms with Crippen molar-refractivity contribution in [1.29, 1.82) is 0 Å². The van der Waals surface area contributed by atoms with Crippen molar-refractivity contribution in [3.63, 3.8) is 0 Å². The molecule has 1 N–H and O–H groups in total. The molecule has 1 atom stereocenters. The van der Waals surface area contributed by atoms with Crippen molar-refractivity contribution in [3.8, 4) is 0 Å². The zero-order valence-corrected chi connectivity index (χ0v) is 13.0. The van der Waals surface area contributed by atoms with Crippen LogP contribution in [0.25, 0.3) is 0 Å². The number of piperidine rings is 1. The molecule has 1 aromatic rings. The Balaban J connectivity index is 2.25. The summed E-state index contributed by atoms with van der Waals surface area (Å²) in [6.45, 7) is 5.16. The van der Waals surface area contributed by atoms with Crippen LogP contribution in [0.5, 0.6) is 0 Å². The van der Waals surface area contributed by atoms with E-state index in [1.807, 2.05) is 13.8 Å². The van der Waals surface area contributed by atoms with Gasteiger partial charge in [-0.3, -0.25) is 14.3 Å². The Hall–Kier alpha value is -1.85. The number of aromatic nitrogens is 2. The van der Waals surface area contributed by atoms with Crippen molar-refractivity contribution in [2.24, 2.45) is 5.92 Å². The van der Waals surface area contributed by atoms with Gasteiger partial charge < -0.3 is 10.2 Å². The highest BCUT2D eigenvalue weighted by molar-refractivity contribution is 5.86. The van der Waals surface area contributed by atoms with Crippen molar-refractivity contribution in [2.45, 2.75) is 38.6 Å². The quantitative estimate of drug-likeness (QED) is 0.900. The maximum absolute atomic E-state index is 12.5. The highest BCUT2D eigenvalue weighted by Gasteiger charge is 2.45. The Morgan fingerprint density at radius 2 is 2.19 bits per heavy atom. The molecule has 1 aromatic heterocycles. The molecule has 0 aliphatic carbocycles. The van der Waals surface area contributed by atoms with E-state index in [0.29, 0.717) is 31.8 Å². The van der Waals surface area contributed by atoms with Gasteiger partial charge in [-0.15, -0.1) is 0 Å². The first-order valence-electron chi connectivity index (χ1n) is 7.49. The molecule has 2 rings (SSSR count). The number of carbonyl (C=O) groups is 2. The van der Waals surface area contributed by atoms with E-state index in [1.165, 1.54) is 0 Å². The first-order valence-corrected chi connectivity index (χ1v) is 7.49. The second kappa shape index (κ2) is 6.28. The first-order chi connectivity index (χ1) is 9.99. The summed E-state index contributed by atoms with van der Waals surface area (Å²) in [7, 11) is 1.63. The lowest BCUT2D eigenvalue weighted by molar-refractivity contribution is -0.141. The van der Waals surface area contributed by atoms with Crippen LogP contribution in [-0.2, 0) is 15.1 Å². The number of likely N-dealkylation sites (N-methyl/N-ethyl adjacent to an activating group) is 1. The van der Waals surface area contributed by atoms with Gasteiger partial charge in [0, 0.05) is 32.4 Å². The van der Waals surface area contributed by atoms with Crippen molar-refractivity contribution in [3.05, 3.63) is 18.5 Å². The minimum absolute atomic E-state index is 0.0896. The third-order valence-electron chi connectivity index (χ3n) is 4.00. The van der Waals surface area contributed by atoms with Crippen LogP contribution in [0.1, 0.15) is 33.1 Å². The largest absolute Gasteiger partial charge is 0.357 e. The molecule has 2 heterocycles. The Morgan fingerprint density at radius 3 is 2.76 bits per heavy atom. The molecule has 1 saturated heterocycles. The Kier molecular flexibility index (Phi) is 4.65. The topological polar surface area (TPSA) is 67.2 Å². The molecule has 1 unspecified atom stereocenters. The maximum atomic E-state index is 12.5. The number of likely N-dealkylation sites (tertiary alicyclic amines) is 1.